The first-order chi connectivity index (χ1) is 7.69. The van der Waals surface area contributed by atoms with E-state index in [-0.39, 0.29) is 0 Å². The molecule has 1 heterocycles. The van der Waals surface area contributed by atoms with Crippen LogP contribution in [-0.4, -0.2) is 24.2 Å². The Bertz CT molecular complexity index is 368. The molecule has 0 atom stereocenters. The van der Waals surface area contributed by atoms with E-state index < -0.39 is 5.97 Å². The van der Waals surface area contributed by atoms with Gasteiger partial charge in [0.1, 0.15) is 5.69 Å². The topological polar surface area (TPSA) is 48.4 Å². The van der Waals surface area contributed by atoms with Gasteiger partial charge in [-0.25, -0.2) is 9.78 Å². The van der Waals surface area contributed by atoms with Gasteiger partial charge in [-0.3, -0.25) is 0 Å². The summed E-state index contributed by atoms with van der Waals surface area (Å²) in [5.74, 6) is -0.409. The van der Waals surface area contributed by atoms with Gasteiger partial charge in [-0.2, -0.15) is 0 Å². The highest BCUT2D eigenvalue weighted by molar-refractivity contribution is 9.10. The van der Waals surface area contributed by atoms with E-state index in [0.29, 0.717) is 31.2 Å². The number of halogens is 1. The Kier molecular flexibility index (Phi) is 5.42. The molecule has 0 N–H and O–H groups in total. The summed E-state index contributed by atoms with van der Waals surface area (Å²) in [6.45, 7) is 5.00. The fraction of sp³-hybridized carbons (Fsp3) is 0.455. The minimum atomic E-state index is -0.409. The van der Waals surface area contributed by atoms with E-state index in [1.54, 1.807) is 19.1 Å². The monoisotopic (exact) mass is 287 g/mol. The molecule has 0 amide bonds. The van der Waals surface area contributed by atoms with Gasteiger partial charge in [-0.05, 0) is 41.9 Å². The number of aromatic nitrogens is 1. The molecule has 1 aromatic heterocycles. The molecule has 0 radical (unpaired) electrons. The van der Waals surface area contributed by atoms with Gasteiger partial charge in [0.05, 0.1) is 18.9 Å². The van der Waals surface area contributed by atoms with Gasteiger partial charge in [0, 0.05) is 11.1 Å². The maximum absolute atomic E-state index is 11.4. The summed E-state index contributed by atoms with van der Waals surface area (Å²) in [5, 5.41) is 0. The van der Waals surface area contributed by atoms with Gasteiger partial charge < -0.3 is 9.47 Å². The van der Waals surface area contributed by atoms with Crippen LogP contribution in [0.2, 0.25) is 0 Å². The zero-order chi connectivity index (χ0) is 12.0. The van der Waals surface area contributed by atoms with Crippen LogP contribution in [0, 0.1) is 0 Å². The summed E-state index contributed by atoms with van der Waals surface area (Å²) < 4.78 is 10.9. The Morgan fingerprint density at radius 3 is 2.75 bits per heavy atom. The number of hydrogen-bond acceptors (Lipinski definition) is 4. The largest absolute Gasteiger partial charge is 0.461 e. The van der Waals surface area contributed by atoms with E-state index in [2.05, 4.69) is 20.9 Å². The molecule has 16 heavy (non-hydrogen) atoms. The van der Waals surface area contributed by atoms with Crippen LogP contribution in [0.3, 0.4) is 0 Å². The third-order valence-electron chi connectivity index (χ3n) is 1.85. The predicted octanol–water partition coefficient (Wildman–Crippen LogP) is 2.56. The lowest BCUT2D eigenvalue weighted by molar-refractivity contribution is 0.0518. The van der Waals surface area contributed by atoms with Crippen LogP contribution in [0.15, 0.2) is 16.6 Å². The number of esters is 1. The Morgan fingerprint density at radius 2 is 2.12 bits per heavy atom. The van der Waals surface area contributed by atoms with E-state index in [9.17, 15) is 4.79 Å². The van der Waals surface area contributed by atoms with Crippen LogP contribution in [0.5, 0.6) is 0 Å². The number of ether oxygens (including phenoxy) is 2. The van der Waals surface area contributed by atoms with Crippen molar-refractivity contribution in [1.29, 1.82) is 0 Å². The fourth-order valence-corrected chi connectivity index (χ4v) is 1.44. The van der Waals surface area contributed by atoms with E-state index >= 15 is 0 Å². The summed E-state index contributed by atoms with van der Waals surface area (Å²) in [5.41, 5.74) is 1.01. The lowest BCUT2D eigenvalue weighted by Crippen LogP contribution is -2.09. The van der Waals surface area contributed by atoms with Gasteiger partial charge in [0.15, 0.2) is 0 Å². The zero-order valence-electron chi connectivity index (χ0n) is 9.33. The lowest BCUT2D eigenvalue weighted by atomic mass is 10.3. The van der Waals surface area contributed by atoms with Gasteiger partial charge in [0.25, 0.3) is 0 Å². The standard InChI is InChI=1S/C11H14BrNO3/c1-3-15-7-10-8(12)5-6-9(13-10)11(14)16-4-2/h5-6H,3-4,7H2,1-2H3. The third-order valence-corrected chi connectivity index (χ3v) is 2.57. The van der Waals surface area contributed by atoms with E-state index in [1.807, 2.05) is 6.92 Å². The average Bonchev–Trinajstić information content (AvgIpc) is 2.28. The molecule has 4 nitrogen and oxygen atoms in total. The van der Waals surface area contributed by atoms with Crippen molar-refractivity contribution in [2.45, 2.75) is 20.5 Å². The SMILES string of the molecule is CCOCc1nc(C(=O)OCC)ccc1Br. The molecule has 0 saturated heterocycles. The van der Waals surface area contributed by atoms with Gasteiger partial charge in [0.2, 0.25) is 0 Å². The Balaban J connectivity index is 2.84. The van der Waals surface area contributed by atoms with Crippen molar-refractivity contribution in [3.8, 4) is 0 Å². The second-order valence-electron chi connectivity index (χ2n) is 2.98. The lowest BCUT2D eigenvalue weighted by Gasteiger charge is -2.06. The Labute approximate surface area is 103 Å². The number of rotatable bonds is 5. The number of carbonyl (C=O) groups excluding carboxylic acids is 1. The van der Waals surface area contributed by atoms with Crippen molar-refractivity contribution >= 4 is 21.9 Å². The summed E-state index contributed by atoms with van der Waals surface area (Å²) >= 11 is 3.35. The molecule has 5 heteroatoms. The summed E-state index contributed by atoms with van der Waals surface area (Å²) in [7, 11) is 0. The van der Waals surface area contributed by atoms with Gasteiger partial charge >= 0.3 is 5.97 Å². The van der Waals surface area contributed by atoms with Crippen molar-refractivity contribution in [1.82, 2.24) is 4.98 Å². The summed E-state index contributed by atoms with van der Waals surface area (Å²) in [4.78, 5) is 15.6. The quantitative estimate of drug-likeness (QED) is 0.781. The first-order valence-electron chi connectivity index (χ1n) is 5.09. The highest BCUT2D eigenvalue weighted by Gasteiger charge is 2.11. The molecule has 1 rings (SSSR count). The fourth-order valence-electron chi connectivity index (χ4n) is 1.10. The highest BCUT2D eigenvalue weighted by atomic mass is 79.9. The molecule has 0 aliphatic rings. The van der Waals surface area contributed by atoms with E-state index in [4.69, 9.17) is 9.47 Å². The van der Waals surface area contributed by atoms with Crippen molar-refractivity contribution in [2.75, 3.05) is 13.2 Å². The first kappa shape index (κ1) is 13.1. The predicted molar refractivity (Wildman–Crippen MR) is 63.2 cm³/mol. The van der Waals surface area contributed by atoms with Crippen LogP contribution >= 0.6 is 15.9 Å². The first-order valence-corrected chi connectivity index (χ1v) is 5.88. The molecule has 88 valence electrons. The van der Waals surface area contributed by atoms with Crippen molar-refractivity contribution in [3.63, 3.8) is 0 Å². The van der Waals surface area contributed by atoms with Gasteiger partial charge in [-0.1, -0.05) is 0 Å². The summed E-state index contributed by atoms with van der Waals surface area (Å²) in [6, 6.07) is 3.39. The zero-order valence-corrected chi connectivity index (χ0v) is 10.9. The van der Waals surface area contributed by atoms with Crippen molar-refractivity contribution < 1.29 is 14.3 Å². The molecule has 0 fully saturated rings. The molecule has 0 bridgehead atoms. The van der Waals surface area contributed by atoms with Crippen molar-refractivity contribution in [2.24, 2.45) is 0 Å². The van der Waals surface area contributed by atoms with Crippen LogP contribution in [-0.2, 0) is 16.1 Å². The normalized spacial score (nSPS) is 10.2. The van der Waals surface area contributed by atoms with Crippen LogP contribution in [0.4, 0.5) is 0 Å². The molecule has 0 aromatic carbocycles. The molecule has 0 unspecified atom stereocenters. The molecule has 0 saturated carbocycles. The second-order valence-corrected chi connectivity index (χ2v) is 3.84. The highest BCUT2D eigenvalue weighted by Crippen LogP contribution is 2.16. The second kappa shape index (κ2) is 6.60. The average molecular weight is 288 g/mol. The molecule has 0 aliphatic heterocycles. The van der Waals surface area contributed by atoms with Crippen molar-refractivity contribution in [3.05, 3.63) is 28.0 Å². The number of pyridine rings is 1. The Hall–Kier alpha value is -0.940. The van der Waals surface area contributed by atoms with E-state index in [1.165, 1.54) is 0 Å². The Morgan fingerprint density at radius 1 is 1.38 bits per heavy atom. The maximum atomic E-state index is 11.4. The number of hydrogen-bond donors (Lipinski definition) is 0. The van der Waals surface area contributed by atoms with Crippen LogP contribution in [0.25, 0.3) is 0 Å². The minimum Gasteiger partial charge on any atom is -0.461 e. The molecule has 0 spiro atoms. The van der Waals surface area contributed by atoms with Crippen LogP contribution in [0.1, 0.15) is 30.0 Å². The molecular weight excluding hydrogens is 274 g/mol. The summed E-state index contributed by atoms with van der Waals surface area (Å²) in [6.07, 6.45) is 0. The van der Waals surface area contributed by atoms with Crippen LogP contribution < -0.4 is 0 Å². The molecule has 0 aliphatic carbocycles. The smallest absolute Gasteiger partial charge is 0.356 e. The third kappa shape index (κ3) is 3.57. The van der Waals surface area contributed by atoms with Gasteiger partial charge in [-0.15, -0.1) is 0 Å². The number of nitrogens with zero attached hydrogens (tertiary/aromatic N) is 1. The molecule has 1 aromatic rings. The van der Waals surface area contributed by atoms with E-state index in [0.717, 1.165) is 4.47 Å². The minimum absolute atomic E-state index is 0.305. The molecular formula is C11H14BrNO3. The maximum Gasteiger partial charge on any atom is 0.356 e. The number of carbonyl (C=O) groups is 1.